The van der Waals surface area contributed by atoms with Crippen LogP contribution < -0.4 is 21.3 Å². The van der Waals surface area contributed by atoms with E-state index in [0.29, 0.717) is 18.5 Å². The van der Waals surface area contributed by atoms with Crippen LogP contribution in [-0.2, 0) is 19.2 Å². The van der Waals surface area contributed by atoms with Crippen molar-refractivity contribution in [3.8, 4) is 0 Å². The minimum atomic E-state index is -1.04. The van der Waals surface area contributed by atoms with Gasteiger partial charge in [0, 0.05) is 18.7 Å². The third kappa shape index (κ3) is 8.03. The second kappa shape index (κ2) is 14.6. The number of hydrogen-bond acceptors (Lipinski definition) is 6. The number of benzene rings is 1. The number of ketones is 2. The van der Waals surface area contributed by atoms with Gasteiger partial charge in [0.05, 0.1) is 12.1 Å². The molecule has 4 N–H and O–H groups in total. The molecule has 1 aliphatic heterocycles. The van der Waals surface area contributed by atoms with E-state index in [-0.39, 0.29) is 41.9 Å². The highest BCUT2D eigenvalue weighted by Crippen LogP contribution is 2.65. The fourth-order valence-electron chi connectivity index (χ4n) is 6.48. The maximum absolute atomic E-state index is 14.3. The lowest BCUT2D eigenvalue weighted by Crippen LogP contribution is -2.62. The fourth-order valence-corrected chi connectivity index (χ4v) is 6.48. The van der Waals surface area contributed by atoms with Crippen LogP contribution in [0.1, 0.15) is 78.6 Å². The SMILES string of the molecule is C=CCNC(=O)C(=O)C(CCC)NC(=O)[C@@H]1[C@@H]2[C@H](CN1C(=O)[C@@H](NC(=O)N[C@H](C(=O)c1ccccc1)C(C)C)C(C)(C)C)C2(C)C. The number of rotatable bonds is 14. The van der Waals surface area contributed by atoms with Crippen LogP contribution in [0.25, 0.3) is 0 Å². The summed E-state index contributed by atoms with van der Waals surface area (Å²) in [5.41, 5.74) is -0.483. The summed E-state index contributed by atoms with van der Waals surface area (Å²) in [5.74, 6) is -3.04. The van der Waals surface area contributed by atoms with Gasteiger partial charge in [-0.25, -0.2) is 4.79 Å². The Morgan fingerprint density at radius 1 is 1.02 bits per heavy atom. The Hall–Kier alpha value is -4.02. The Morgan fingerprint density at radius 2 is 1.65 bits per heavy atom. The molecule has 0 radical (unpaired) electrons. The molecule has 46 heavy (non-hydrogen) atoms. The third-order valence-electron chi connectivity index (χ3n) is 9.28. The largest absolute Gasteiger partial charge is 0.346 e. The molecule has 11 heteroatoms. The lowest BCUT2D eigenvalue weighted by molar-refractivity contribution is -0.145. The van der Waals surface area contributed by atoms with Crippen LogP contribution >= 0.6 is 0 Å². The van der Waals surface area contributed by atoms with Crippen molar-refractivity contribution in [1.29, 1.82) is 0 Å². The predicted octanol–water partition coefficient (Wildman–Crippen LogP) is 3.25. The van der Waals surface area contributed by atoms with Gasteiger partial charge < -0.3 is 26.2 Å². The van der Waals surface area contributed by atoms with Crippen molar-refractivity contribution < 1.29 is 28.8 Å². The minimum absolute atomic E-state index is 0.0617. The van der Waals surface area contributed by atoms with E-state index < -0.39 is 59.1 Å². The molecule has 1 aromatic rings. The maximum Gasteiger partial charge on any atom is 0.316 e. The zero-order chi connectivity index (χ0) is 34.6. The molecule has 1 aromatic carbocycles. The molecular weight excluding hydrogens is 586 g/mol. The molecular formula is C35H51N5O6. The summed E-state index contributed by atoms with van der Waals surface area (Å²) in [6.45, 7) is 19.0. The zero-order valence-corrected chi connectivity index (χ0v) is 28.4. The van der Waals surface area contributed by atoms with E-state index in [1.54, 1.807) is 30.3 Å². The second-order valence-corrected chi connectivity index (χ2v) is 14.5. The first-order chi connectivity index (χ1) is 21.5. The van der Waals surface area contributed by atoms with Crippen LogP contribution in [0.15, 0.2) is 43.0 Å². The molecule has 0 aromatic heterocycles. The van der Waals surface area contributed by atoms with E-state index in [9.17, 15) is 28.8 Å². The average Bonchev–Trinajstić information content (AvgIpc) is 3.30. The smallest absolute Gasteiger partial charge is 0.316 e. The molecule has 1 saturated heterocycles. The molecule has 1 aliphatic carbocycles. The van der Waals surface area contributed by atoms with E-state index >= 15 is 0 Å². The highest BCUT2D eigenvalue weighted by Gasteiger charge is 2.70. The zero-order valence-electron chi connectivity index (χ0n) is 28.4. The highest BCUT2D eigenvalue weighted by molar-refractivity contribution is 6.38. The van der Waals surface area contributed by atoms with Gasteiger partial charge in [-0.1, -0.05) is 98.2 Å². The van der Waals surface area contributed by atoms with Gasteiger partial charge in [0.25, 0.3) is 5.91 Å². The van der Waals surface area contributed by atoms with Crippen LogP contribution in [0.3, 0.4) is 0 Å². The van der Waals surface area contributed by atoms with Crippen LogP contribution in [-0.4, -0.2) is 77.5 Å². The number of carbonyl (C=O) groups excluding carboxylic acids is 6. The van der Waals surface area contributed by atoms with Crippen molar-refractivity contribution >= 4 is 35.3 Å². The molecule has 1 saturated carbocycles. The summed E-state index contributed by atoms with van der Waals surface area (Å²) >= 11 is 0. The van der Waals surface area contributed by atoms with E-state index in [0.717, 1.165) is 0 Å². The van der Waals surface area contributed by atoms with Crippen LogP contribution in [0, 0.1) is 28.6 Å². The van der Waals surface area contributed by atoms with Gasteiger partial charge in [-0.15, -0.1) is 6.58 Å². The molecule has 0 bridgehead atoms. The van der Waals surface area contributed by atoms with Gasteiger partial charge in [0.2, 0.25) is 17.6 Å². The number of hydrogen-bond donors (Lipinski definition) is 4. The molecule has 1 heterocycles. The Labute approximate surface area is 272 Å². The molecule has 6 atom stereocenters. The van der Waals surface area contributed by atoms with Crippen molar-refractivity contribution in [2.24, 2.45) is 28.6 Å². The molecule has 11 nitrogen and oxygen atoms in total. The highest BCUT2D eigenvalue weighted by atomic mass is 16.2. The lowest BCUT2D eigenvalue weighted by Gasteiger charge is -2.38. The van der Waals surface area contributed by atoms with Crippen LogP contribution in [0.5, 0.6) is 0 Å². The fraction of sp³-hybridized carbons (Fsp3) is 0.600. The number of amides is 5. The maximum atomic E-state index is 14.3. The minimum Gasteiger partial charge on any atom is -0.346 e. The number of piperidine rings is 1. The van der Waals surface area contributed by atoms with Gasteiger partial charge in [-0.3, -0.25) is 24.0 Å². The molecule has 2 aliphatic rings. The Kier molecular flexibility index (Phi) is 11.6. The summed E-state index contributed by atoms with van der Waals surface area (Å²) in [7, 11) is 0. The van der Waals surface area contributed by atoms with E-state index in [1.807, 2.05) is 55.4 Å². The molecule has 0 spiro atoms. The van der Waals surface area contributed by atoms with Crippen LogP contribution in [0.2, 0.25) is 0 Å². The Balaban J connectivity index is 1.82. The molecule has 3 rings (SSSR count). The van der Waals surface area contributed by atoms with E-state index in [4.69, 9.17) is 0 Å². The lowest BCUT2D eigenvalue weighted by atomic mass is 9.85. The summed E-state index contributed by atoms with van der Waals surface area (Å²) in [5, 5.41) is 10.8. The van der Waals surface area contributed by atoms with Crippen LogP contribution in [0.4, 0.5) is 4.79 Å². The van der Waals surface area contributed by atoms with Crippen molar-refractivity contribution in [3.63, 3.8) is 0 Å². The topological polar surface area (TPSA) is 154 Å². The van der Waals surface area contributed by atoms with Crippen molar-refractivity contribution in [2.75, 3.05) is 13.1 Å². The van der Waals surface area contributed by atoms with Crippen molar-refractivity contribution in [2.45, 2.75) is 92.4 Å². The Morgan fingerprint density at radius 3 is 2.20 bits per heavy atom. The second-order valence-electron chi connectivity index (χ2n) is 14.5. The molecule has 2 fully saturated rings. The predicted molar refractivity (Wildman–Crippen MR) is 176 cm³/mol. The summed E-state index contributed by atoms with van der Waals surface area (Å²) in [4.78, 5) is 81.6. The molecule has 252 valence electrons. The van der Waals surface area contributed by atoms with E-state index in [2.05, 4.69) is 27.8 Å². The number of likely N-dealkylation sites (tertiary alicyclic amines) is 1. The number of nitrogens with one attached hydrogen (secondary N) is 4. The summed E-state index contributed by atoms with van der Waals surface area (Å²) < 4.78 is 0. The monoisotopic (exact) mass is 637 g/mol. The summed E-state index contributed by atoms with van der Waals surface area (Å²) in [6.07, 6.45) is 2.26. The van der Waals surface area contributed by atoms with E-state index in [1.165, 1.54) is 11.0 Å². The third-order valence-corrected chi connectivity index (χ3v) is 9.28. The van der Waals surface area contributed by atoms with Gasteiger partial charge >= 0.3 is 6.03 Å². The number of urea groups is 1. The number of fused-ring (bicyclic) bond motifs is 1. The van der Waals surface area contributed by atoms with Gasteiger partial charge in [0.15, 0.2) is 5.78 Å². The van der Waals surface area contributed by atoms with Crippen molar-refractivity contribution in [3.05, 3.63) is 48.6 Å². The number of Topliss-reactive ketones (excluding diaryl/α,β-unsaturated/α-hetero) is 2. The molecule has 5 amide bonds. The number of nitrogens with zero attached hydrogens (tertiary/aromatic N) is 1. The quantitative estimate of drug-likeness (QED) is 0.140. The summed E-state index contributed by atoms with van der Waals surface area (Å²) in [6, 6.07) is 4.26. The Bertz CT molecular complexity index is 1330. The average molecular weight is 638 g/mol. The standard InChI is InChI=1S/C35H51N5O6/c1-10-15-23(28(42)31(44)36-18-11-2)37-30(43)26-24-22(35(24,8)9)19-40(26)32(45)29(34(5,6)7)39-33(46)38-25(20(3)4)27(41)21-16-13-12-14-17-21/h11-14,16-17,20,22-26,29H,2,10,15,18-19H2,1,3-9H3,(H,36,44)(H,37,43)(H2,38,39,46)/t22-,23?,24-,25-,26-,29+/m0/s1. The first kappa shape index (κ1) is 36.4. The van der Waals surface area contributed by atoms with Crippen molar-refractivity contribution in [1.82, 2.24) is 26.2 Å². The number of carbonyl (C=O) groups is 6. The van der Waals surface area contributed by atoms with Gasteiger partial charge in [-0.05, 0) is 35.0 Å². The first-order valence-corrected chi connectivity index (χ1v) is 16.2. The van der Waals surface area contributed by atoms with Gasteiger partial charge in [-0.2, -0.15) is 0 Å². The molecule has 1 unspecified atom stereocenters. The van der Waals surface area contributed by atoms with Gasteiger partial charge in [0.1, 0.15) is 12.1 Å². The normalized spacial score (nSPS) is 21.7. The first-order valence-electron chi connectivity index (χ1n) is 16.2.